The average Bonchev–Trinajstić information content (AvgIpc) is 2.39. The molecule has 1 aromatic heterocycles. The van der Waals surface area contributed by atoms with Crippen molar-refractivity contribution in [2.45, 2.75) is 6.92 Å². The molecule has 0 aliphatic carbocycles. The normalized spacial score (nSPS) is 10.2. The highest BCUT2D eigenvalue weighted by Crippen LogP contribution is 2.16. The van der Waals surface area contributed by atoms with Gasteiger partial charge in [0.15, 0.2) is 5.78 Å². The van der Waals surface area contributed by atoms with E-state index in [-0.39, 0.29) is 22.2 Å². The fourth-order valence-corrected chi connectivity index (χ4v) is 1.69. The van der Waals surface area contributed by atoms with Gasteiger partial charge in [-0.2, -0.15) is 0 Å². The monoisotopic (exact) mass is 292 g/mol. The number of carbonyl (C=O) groups is 2. The molecule has 2 rings (SSSR count). The van der Waals surface area contributed by atoms with Gasteiger partial charge in [-0.1, -0.05) is 11.6 Å². The molecule has 0 aliphatic rings. The van der Waals surface area contributed by atoms with Crippen molar-refractivity contribution in [3.63, 3.8) is 0 Å². The summed E-state index contributed by atoms with van der Waals surface area (Å²) in [6, 6.07) is 6.77. The Kier molecular flexibility index (Phi) is 4.10. The molecule has 4 nitrogen and oxygen atoms in total. The van der Waals surface area contributed by atoms with E-state index < -0.39 is 11.7 Å². The second-order valence-electron chi connectivity index (χ2n) is 4.07. The standard InChI is InChI=1S/C14H10ClFN2O2/c1-8(19)9-2-5-13(17-7-9)18-14(20)11-4-3-10(15)6-12(11)16/h2-7H,1H3,(H,17,18,20). The SMILES string of the molecule is CC(=O)c1ccc(NC(=O)c2ccc(Cl)cc2F)nc1. The Morgan fingerprint density at radius 3 is 2.55 bits per heavy atom. The highest BCUT2D eigenvalue weighted by atomic mass is 35.5. The molecule has 0 unspecified atom stereocenters. The maximum Gasteiger partial charge on any atom is 0.259 e. The van der Waals surface area contributed by atoms with Crippen molar-refractivity contribution >= 4 is 29.1 Å². The van der Waals surface area contributed by atoms with Crippen molar-refractivity contribution in [2.24, 2.45) is 0 Å². The number of pyridine rings is 1. The van der Waals surface area contributed by atoms with Crippen LogP contribution in [-0.4, -0.2) is 16.7 Å². The first kappa shape index (κ1) is 14.1. The van der Waals surface area contributed by atoms with Gasteiger partial charge < -0.3 is 5.32 Å². The number of nitrogens with zero attached hydrogens (tertiary/aromatic N) is 1. The molecule has 0 bridgehead atoms. The van der Waals surface area contributed by atoms with Crippen molar-refractivity contribution in [3.8, 4) is 0 Å². The third kappa shape index (κ3) is 3.19. The van der Waals surface area contributed by atoms with Gasteiger partial charge in [-0.05, 0) is 37.3 Å². The van der Waals surface area contributed by atoms with Gasteiger partial charge in [-0.3, -0.25) is 9.59 Å². The zero-order valence-corrected chi connectivity index (χ0v) is 11.2. The van der Waals surface area contributed by atoms with Gasteiger partial charge >= 0.3 is 0 Å². The van der Waals surface area contributed by atoms with Gasteiger partial charge in [0, 0.05) is 16.8 Å². The Bertz CT molecular complexity index is 671. The number of hydrogen-bond donors (Lipinski definition) is 1. The number of nitrogens with one attached hydrogen (secondary N) is 1. The van der Waals surface area contributed by atoms with E-state index in [1.165, 1.54) is 37.4 Å². The molecule has 0 radical (unpaired) electrons. The van der Waals surface area contributed by atoms with E-state index in [1.54, 1.807) is 0 Å². The second-order valence-corrected chi connectivity index (χ2v) is 4.50. The molecule has 1 N–H and O–H groups in total. The number of carbonyl (C=O) groups excluding carboxylic acids is 2. The lowest BCUT2D eigenvalue weighted by molar-refractivity contribution is 0.101. The molecule has 1 aromatic carbocycles. The lowest BCUT2D eigenvalue weighted by atomic mass is 10.2. The molecule has 20 heavy (non-hydrogen) atoms. The molecule has 1 amide bonds. The minimum Gasteiger partial charge on any atom is -0.306 e. The third-order valence-corrected chi connectivity index (χ3v) is 2.82. The molecule has 0 atom stereocenters. The molecule has 1 heterocycles. The first-order valence-corrected chi connectivity index (χ1v) is 6.08. The first-order valence-electron chi connectivity index (χ1n) is 5.71. The molecule has 0 saturated heterocycles. The third-order valence-electron chi connectivity index (χ3n) is 2.59. The smallest absolute Gasteiger partial charge is 0.259 e. The van der Waals surface area contributed by atoms with Gasteiger partial charge in [0.1, 0.15) is 11.6 Å². The van der Waals surface area contributed by atoms with Crippen molar-refractivity contribution in [2.75, 3.05) is 5.32 Å². The largest absolute Gasteiger partial charge is 0.306 e. The van der Waals surface area contributed by atoms with E-state index >= 15 is 0 Å². The lowest BCUT2D eigenvalue weighted by Crippen LogP contribution is -2.14. The van der Waals surface area contributed by atoms with Gasteiger partial charge in [0.25, 0.3) is 5.91 Å². The van der Waals surface area contributed by atoms with Crippen LogP contribution in [0, 0.1) is 5.82 Å². The van der Waals surface area contributed by atoms with Gasteiger partial charge in [-0.25, -0.2) is 9.37 Å². The molecule has 0 aliphatic heterocycles. The molecule has 102 valence electrons. The van der Waals surface area contributed by atoms with Crippen LogP contribution in [0.25, 0.3) is 0 Å². The Balaban J connectivity index is 2.17. The summed E-state index contributed by atoms with van der Waals surface area (Å²) in [6.07, 6.45) is 1.34. The van der Waals surface area contributed by atoms with Crippen LogP contribution >= 0.6 is 11.6 Å². The molecule has 0 fully saturated rings. The van der Waals surface area contributed by atoms with E-state index in [2.05, 4.69) is 10.3 Å². The van der Waals surface area contributed by atoms with Crippen LogP contribution in [0.3, 0.4) is 0 Å². The number of hydrogen-bond acceptors (Lipinski definition) is 3. The van der Waals surface area contributed by atoms with Gasteiger partial charge in [0.05, 0.1) is 5.56 Å². The van der Waals surface area contributed by atoms with Crippen molar-refractivity contribution < 1.29 is 14.0 Å². The number of rotatable bonds is 3. The average molecular weight is 293 g/mol. The maximum atomic E-state index is 13.6. The highest BCUT2D eigenvalue weighted by molar-refractivity contribution is 6.30. The quantitative estimate of drug-likeness (QED) is 0.883. The fraction of sp³-hybridized carbons (Fsp3) is 0.0714. The Hall–Kier alpha value is -2.27. The number of benzene rings is 1. The number of aromatic nitrogens is 1. The van der Waals surface area contributed by atoms with E-state index in [0.717, 1.165) is 6.07 Å². The summed E-state index contributed by atoms with van der Waals surface area (Å²) in [6.45, 7) is 1.42. The van der Waals surface area contributed by atoms with Crippen LogP contribution < -0.4 is 5.32 Å². The zero-order chi connectivity index (χ0) is 14.7. The van der Waals surface area contributed by atoms with Crippen LogP contribution in [0.1, 0.15) is 27.6 Å². The van der Waals surface area contributed by atoms with Crippen molar-refractivity contribution in [1.82, 2.24) is 4.98 Å². The summed E-state index contributed by atoms with van der Waals surface area (Å²) < 4.78 is 13.6. The fourth-order valence-electron chi connectivity index (χ4n) is 1.53. The van der Waals surface area contributed by atoms with E-state index in [9.17, 15) is 14.0 Å². The summed E-state index contributed by atoms with van der Waals surface area (Å²) in [7, 11) is 0. The summed E-state index contributed by atoms with van der Waals surface area (Å²) in [5.41, 5.74) is 0.299. The summed E-state index contributed by atoms with van der Waals surface area (Å²) in [5, 5.41) is 2.65. The first-order chi connectivity index (χ1) is 9.47. The molecular formula is C14H10ClFN2O2. The lowest BCUT2D eigenvalue weighted by Gasteiger charge is -2.06. The Morgan fingerprint density at radius 1 is 1.25 bits per heavy atom. The molecule has 0 spiro atoms. The van der Waals surface area contributed by atoms with Gasteiger partial charge in [-0.15, -0.1) is 0 Å². The minimum atomic E-state index is -0.713. The topological polar surface area (TPSA) is 59.1 Å². The predicted octanol–water partition coefficient (Wildman–Crippen LogP) is 3.33. The number of halogens is 2. The van der Waals surface area contributed by atoms with Crippen LogP contribution in [0.15, 0.2) is 36.5 Å². The van der Waals surface area contributed by atoms with Crippen molar-refractivity contribution in [3.05, 3.63) is 58.5 Å². The Labute approximate surface area is 119 Å². The van der Waals surface area contributed by atoms with Gasteiger partial charge in [0.2, 0.25) is 0 Å². The number of amides is 1. The summed E-state index contributed by atoms with van der Waals surface area (Å²) in [4.78, 5) is 26.9. The maximum absolute atomic E-state index is 13.6. The van der Waals surface area contributed by atoms with Crippen LogP contribution in [0.2, 0.25) is 5.02 Å². The minimum absolute atomic E-state index is 0.126. The summed E-state index contributed by atoms with van der Waals surface area (Å²) >= 11 is 5.61. The molecule has 6 heteroatoms. The van der Waals surface area contributed by atoms with E-state index in [0.29, 0.717) is 5.56 Å². The van der Waals surface area contributed by atoms with Crippen LogP contribution in [0.5, 0.6) is 0 Å². The molecule has 2 aromatic rings. The van der Waals surface area contributed by atoms with Crippen molar-refractivity contribution in [1.29, 1.82) is 0 Å². The summed E-state index contributed by atoms with van der Waals surface area (Å²) in [5.74, 6) is -1.24. The Morgan fingerprint density at radius 2 is 2.00 bits per heavy atom. The predicted molar refractivity (Wildman–Crippen MR) is 73.6 cm³/mol. The van der Waals surface area contributed by atoms with Crippen LogP contribution in [-0.2, 0) is 0 Å². The molecule has 0 saturated carbocycles. The highest BCUT2D eigenvalue weighted by Gasteiger charge is 2.12. The van der Waals surface area contributed by atoms with E-state index in [4.69, 9.17) is 11.6 Å². The van der Waals surface area contributed by atoms with E-state index in [1.807, 2.05) is 0 Å². The zero-order valence-electron chi connectivity index (χ0n) is 10.5. The number of ketones is 1. The van der Waals surface area contributed by atoms with Crippen LogP contribution in [0.4, 0.5) is 10.2 Å². The number of Topliss-reactive ketones (excluding diaryl/α,β-unsaturated/α-hetero) is 1. The second kappa shape index (κ2) is 5.79. The number of anilines is 1. The molecular weight excluding hydrogens is 283 g/mol.